The largest absolute Gasteiger partial charge is 0.462 e. The highest BCUT2D eigenvalue weighted by molar-refractivity contribution is 5.86. The summed E-state index contributed by atoms with van der Waals surface area (Å²) >= 11 is 0. The summed E-state index contributed by atoms with van der Waals surface area (Å²) in [4.78, 5) is 22.3. The first-order valence-corrected chi connectivity index (χ1v) is 5.60. The minimum Gasteiger partial charge on any atom is -0.462 e. The molecule has 18 heavy (non-hydrogen) atoms. The summed E-state index contributed by atoms with van der Waals surface area (Å²) in [7, 11) is 0. The number of carbonyl (C=O) groups is 2. The number of nitrogens with one attached hydrogen (secondary N) is 1. The maximum absolute atomic E-state index is 11.5. The van der Waals surface area contributed by atoms with Crippen LogP contribution in [0.4, 0.5) is 0 Å². The van der Waals surface area contributed by atoms with E-state index in [1.165, 1.54) is 0 Å². The SMILES string of the molecule is C=CC(=O)NCCOC(=O)Cn1nc(C)cc1C. The monoisotopic (exact) mass is 251 g/mol. The summed E-state index contributed by atoms with van der Waals surface area (Å²) in [6.07, 6.45) is 1.16. The minimum atomic E-state index is -0.381. The van der Waals surface area contributed by atoms with E-state index in [1.807, 2.05) is 19.9 Å². The van der Waals surface area contributed by atoms with Gasteiger partial charge in [-0.2, -0.15) is 5.10 Å². The molecule has 1 heterocycles. The standard InChI is InChI=1S/C12H17N3O3/c1-4-11(16)13-5-6-18-12(17)8-15-10(3)7-9(2)14-15/h4,7H,1,5-6,8H2,2-3H3,(H,13,16). The molecule has 0 aliphatic heterocycles. The quantitative estimate of drug-likeness (QED) is 0.449. The van der Waals surface area contributed by atoms with Gasteiger partial charge in [-0.05, 0) is 26.0 Å². The van der Waals surface area contributed by atoms with E-state index < -0.39 is 0 Å². The molecule has 1 N–H and O–H groups in total. The van der Waals surface area contributed by atoms with Gasteiger partial charge in [0.1, 0.15) is 13.2 Å². The Labute approximate surface area is 106 Å². The van der Waals surface area contributed by atoms with E-state index in [0.29, 0.717) is 0 Å². The van der Waals surface area contributed by atoms with Crippen molar-refractivity contribution in [3.05, 3.63) is 30.1 Å². The number of ether oxygens (including phenoxy) is 1. The summed E-state index contributed by atoms with van der Waals surface area (Å²) in [5, 5.41) is 6.66. The maximum atomic E-state index is 11.5. The van der Waals surface area contributed by atoms with Crippen LogP contribution < -0.4 is 5.32 Å². The summed E-state index contributed by atoms with van der Waals surface area (Å²) in [5.74, 6) is -0.668. The van der Waals surface area contributed by atoms with Crippen LogP contribution in [0.25, 0.3) is 0 Å². The summed E-state index contributed by atoms with van der Waals surface area (Å²) in [6, 6.07) is 1.89. The topological polar surface area (TPSA) is 73.2 Å². The van der Waals surface area contributed by atoms with Crippen molar-refractivity contribution in [3.8, 4) is 0 Å². The fourth-order valence-electron chi connectivity index (χ4n) is 1.41. The summed E-state index contributed by atoms with van der Waals surface area (Å²) in [6.45, 7) is 7.53. The fraction of sp³-hybridized carbons (Fsp3) is 0.417. The lowest BCUT2D eigenvalue weighted by Gasteiger charge is -2.06. The van der Waals surface area contributed by atoms with Crippen molar-refractivity contribution in [1.29, 1.82) is 0 Å². The minimum absolute atomic E-state index is 0.0785. The molecule has 0 saturated carbocycles. The second kappa shape index (κ2) is 6.58. The fourth-order valence-corrected chi connectivity index (χ4v) is 1.41. The number of nitrogens with zero attached hydrogens (tertiary/aromatic N) is 2. The molecule has 0 radical (unpaired) electrons. The maximum Gasteiger partial charge on any atom is 0.327 e. The van der Waals surface area contributed by atoms with E-state index in [2.05, 4.69) is 17.0 Å². The van der Waals surface area contributed by atoms with E-state index in [-0.39, 0.29) is 31.6 Å². The molecule has 0 fully saturated rings. The molecule has 6 heteroatoms. The molecular formula is C12H17N3O3. The lowest BCUT2D eigenvalue weighted by Crippen LogP contribution is -2.27. The van der Waals surface area contributed by atoms with E-state index in [0.717, 1.165) is 17.5 Å². The zero-order valence-corrected chi connectivity index (χ0v) is 10.6. The van der Waals surface area contributed by atoms with Crippen LogP contribution in [0.1, 0.15) is 11.4 Å². The van der Waals surface area contributed by atoms with Gasteiger partial charge in [0.05, 0.1) is 12.2 Å². The zero-order chi connectivity index (χ0) is 13.5. The first kappa shape index (κ1) is 14.0. The lowest BCUT2D eigenvalue weighted by molar-refractivity contribution is -0.144. The van der Waals surface area contributed by atoms with Gasteiger partial charge in [0.15, 0.2) is 0 Å². The van der Waals surface area contributed by atoms with Gasteiger partial charge in [-0.25, -0.2) is 0 Å². The number of rotatable bonds is 6. The van der Waals surface area contributed by atoms with E-state index in [1.54, 1.807) is 4.68 Å². The van der Waals surface area contributed by atoms with Crippen LogP contribution >= 0.6 is 0 Å². The Balaban J connectivity index is 2.28. The lowest BCUT2D eigenvalue weighted by atomic mass is 10.4. The number of hydrogen-bond acceptors (Lipinski definition) is 4. The Bertz CT molecular complexity index is 451. The normalized spacial score (nSPS) is 9.89. The van der Waals surface area contributed by atoms with Crippen LogP contribution in [0, 0.1) is 13.8 Å². The van der Waals surface area contributed by atoms with Gasteiger partial charge >= 0.3 is 5.97 Å². The molecule has 1 amide bonds. The van der Waals surface area contributed by atoms with Gasteiger partial charge in [-0.15, -0.1) is 0 Å². The van der Waals surface area contributed by atoms with Crippen molar-refractivity contribution >= 4 is 11.9 Å². The van der Waals surface area contributed by atoms with Crippen molar-refractivity contribution < 1.29 is 14.3 Å². The molecule has 0 saturated heterocycles. The predicted molar refractivity (Wildman–Crippen MR) is 65.9 cm³/mol. The molecule has 0 bridgehead atoms. The van der Waals surface area contributed by atoms with Gasteiger partial charge in [0.25, 0.3) is 0 Å². The molecule has 1 aromatic rings. The van der Waals surface area contributed by atoms with Crippen LogP contribution in [0.3, 0.4) is 0 Å². The van der Waals surface area contributed by atoms with Crippen LogP contribution in [0.5, 0.6) is 0 Å². The number of esters is 1. The number of aryl methyl sites for hydroxylation is 2. The van der Waals surface area contributed by atoms with Crippen molar-refractivity contribution in [2.45, 2.75) is 20.4 Å². The molecule has 1 rings (SSSR count). The smallest absolute Gasteiger partial charge is 0.327 e. The predicted octanol–water partition coefficient (Wildman–Crippen LogP) is 0.345. The Morgan fingerprint density at radius 3 is 2.83 bits per heavy atom. The van der Waals surface area contributed by atoms with E-state index in [4.69, 9.17) is 4.74 Å². The first-order valence-electron chi connectivity index (χ1n) is 5.60. The van der Waals surface area contributed by atoms with E-state index in [9.17, 15) is 9.59 Å². The highest BCUT2D eigenvalue weighted by Crippen LogP contribution is 2.01. The Morgan fingerprint density at radius 2 is 2.28 bits per heavy atom. The van der Waals surface area contributed by atoms with Crippen LogP contribution in [0.15, 0.2) is 18.7 Å². The molecular weight excluding hydrogens is 234 g/mol. The molecule has 0 aromatic carbocycles. The summed E-state index contributed by atoms with van der Waals surface area (Å²) < 4.78 is 6.54. The third-order valence-electron chi connectivity index (χ3n) is 2.23. The van der Waals surface area contributed by atoms with Crippen molar-refractivity contribution in [2.24, 2.45) is 0 Å². The van der Waals surface area contributed by atoms with Crippen LogP contribution in [0.2, 0.25) is 0 Å². The van der Waals surface area contributed by atoms with Gasteiger partial charge in [-0.3, -0.25) is 14.3 Å². The second-order valence-corrected chi connectivity index (χ2v) is 3.80. The average Bonchev–Trinajstić information content (AvgIpc) is 2.63. The second-order valence-electron chi connectivity index (χ2n) is 3.80. The van der Waals surface area contributed by atoms with Crippen LogP contribution in [-0.4, -0.2) is 34.8 Å². The molecule has 98 valence electrons. The van der Waals surface area contributed by atoms with Crippen LogP contribution in [-0.2, 0) is 20.9 Å². The Morgan fingerprint density at radius 1 is 1.56 bits per heavy atom. The number of aromatic nitrogens is 2. The van der Waals surface area contributed by atoms with Gasteiger partial charge in [-0.1, -0.05) is 6.58 Å². The van der Waals surface area contributed by atoms with Gasteiger partial charge < -0.3 is 10.1 Å². The molecule has 0 atom stereocenters. The molecule has 0 unspecified atom stereocenters. The van der Waals surface area contributed by atoms with Crippen molar-refractivity contribution in [1.82, 2.24) is 15.1 Å². The molecule has 0 aliphatic rings. The Kier molecular flexibility index (Phi) is 5.10. The third-order valence-corrected chi connectivity index (χ3v) is 2.23. The van der Waals surface area contributed by atoms with Gasteiger partial charge in [0, 0.05) is 5.69 Å². The number of amides is 1. The Hall–Kier alpha value is -2.11. The molecule has 0 spiro atoms. The third kappa shape index (κ3) is 4.40. The zero-order valence-electron chi connectivity index (χ0n) is 10.6. The summed E-state index contributed by atoms with van der Waals surface area (Å²) in [5.41, 5.74) is 1.77. The van der Waals surface area contributed by atoms with E-state index >= 15 is 0 Å². The highest BCUT2D eigenvalue weighted by atomic mass is 16.5. The molecule has 0 aliphatic carbocycles. The average molecular weight is 251 g/mol. The molecule has 6 nitrogen and oxygen atoms in total. The number of carbonyl (C=O) groups excluding carboxylic acids is 2. The van der Waals surface area contributed by atoms with Crippen molar-refractivity contribution in [2.75, 3.05) is 13.2 Å². The van der Waals surface area contributed by atoms with Crippen molar-refractivity contribution in [3.63, 3.8) is 0 Å². The number of hydrogen-bond donors (Lipinski definition) is 1. The van der Waals surface area contributed by atoms with Gasteiger partial charge in [0.2, 0.25) is 5.91 Å². The highest BCUT2D eigenvalue weighted by Gasteiger charge is 2.08. The molecule has 1 aromatic heterocycles. The first-order chi connectivity index (χ1) is 8.52.